The van der Waals surface area contributed by atoms with Gasteiger partial charge < -0.3 is 24.4 Å². The van der Waals surface area contributed by atoms with Crippen molar-refractivity contribution in [2.24, 2.45) is 0 Å². The van der Waals surface area contributed by atoms with E-state index < -0.39 is 6.04 Å². The van der Waals surface area contributed by atoms with Gasteiger partial charge in [0.05, 0.1) is 17.7 Å². The largest absolute Gasteiger partial charge is 0.490 e. The first kappa shape index (κ1) is 25.4. The molecule has 7 nitrogen and oxygen atoms in total. The average Bonchev–Trinajstić information content (AvgIpc) is 3.41. The van der Waals surface area contributed by atoms with E-state index in [4.69, 9.17) is 14.2 Å². The molecule has 2 aliphatic rings. The van der Waals surface area contributed by atoms with Crippen molar-refractivity contribution in [2.45, 2.75) is 44.4 Å². The predicted molar refractivity (Wildman–Crippen MR) is 144 cm³/mol. The first-order valence-corrected chi connectivity index (χ1v) is 12.9. The topological polar surface area (TPSA) is 77.1 Å². The summed E-state index contributed by atoms with van der Waals surface area (Å²) in [7, 11) is 1.68. The molecule has 0 aliphatic carbocycles. The van der Waals surface area contributed by atoms with Crippen molar-refractivity contribution < 1.29 is 23.8 Å². The number of ether oxygens (including phenoxy) is 3. The second-order valence-corrected chi connectivity index (χ2v) is 9.66. The molecule has 0 spiro atoms. The van der Waals surface area contributed by atoms with Crippen molar-refractivity contribution in [1.82, 2.24) is 10.2 Å². The van der Waals surface area contributed by atoms with Crippen LogP contribution in [0.3, 0.4) is 0 Å². The fourth-order valence-electron chi connectivity index (χ4n) is 4.78. The number of carbonyl (C=O) groups excluding carboxylic acids is 2. The van der Waals surface area contributed by atoms with E-state index in [2.05, 4.69) is 17.5 Å². The van der Waals surface area contributed by atoms with Crippen LogP contribution in [0, 0.1) is 0 Å². The van der Waals surface area contributed by atoms with Crippen LogP contribution in [-0.2, 0) is 11.2 Å². The second-order valence-electron chi connectivity index (χ2n) is 9.66. The summed E-state index contributed by atoms with van der Waals surface area (Å²) in [6, 6.07) is 21.6. The summed E-state index contributed by atoms with van der Waals surface area (Å²) in [4.78, 5) is 29.2. The molecule has 0 saturated heterocycles. The lowest BCUT2D eigenvalue weighted by molar-refractivity contribution is -0.126. The summed E-state index contributed by atoms with van der Waals surface area (Å²) in [5.74, 6) is 1.36. The Bertz CT molecular complexity index is 1320. The number of carbonyl (C=O) groups is 2. The smallest absolute Gasteiger partial charge is 0.258 e. The molecule has 1 N–H and O–H groups in total. The van der Waals surface area contributed by atoms with Gasteiger partial charge in [0.15, 0.2) is 11.5 Å². The van der Waals surface area contributed by atoms with Gasteiger partial charge in [-0.25, -0.2) is 0 Å². The van der Waals surface area contributed by atoms with Crippen LogP contribution in [0.4, 0.5) is 0 Å². The lowest BCUT2D eigenvalue weighted by Crippen LogP contribution is -2.49. The Morgan fingerprint density at radius 2 is 1.61 bits per heavy atom. The normalized spacial score (nSPS) is 22.6. The lowest BCUT2D eigenvalue weighted by Gasteiger charge is -2.30. The quantitative estimate of drug-likeness (QED) is 0.496. The molecular formula is C31H32N2O5. The van der Waals surface area contributed by atoms with Crippen molar-refractivity contribution in [3.05, 3.63) is 102 Å². The number of rotatable bonds is 3. The second kappa shape index (κ2) is 11.4. The maximum absolute atomic E-state index is 13.9. The van der Waals surface area contributed by atoms with E-state index in [9.17, 15) is 9.59 Å². The number of fused-ring (bicyclic) bond motifs is 2. The summed E-state index contributed by atoms with van der Waals surface area (Å²) in [5.41, 5.74) is 2.30. The molecular weight excluding hydrogens is 480 g/mol. The number of hydrogen-bond acceptors (Lipinski definition) is 5. The predicted octanol–water partition coefficient (Wildman–Crippen LogP) is 5.07. The number of benzene rings is 3. The highest BCUT2D eigenvalue weighted by Gasteiger charge is 2.31. The zero-order valence-corrected chi connectivity index (χ0v) is 21.6. The van der Waals surface area contributed by atoms with E-state index in [1.165, 1.54) is 4.90 Å². The van der Waals surface area contributed by atoms with Crippen LogP contribution < -0.4 is 19.5 Å². The van der Waals surface area contributed by atoms with Crippen molar-refractivity contribution in [3.63, 3.8) is 0 Å². The molecule has 0 saturated carbocycles. The van der Waals surface area contributed by atoms with E-state index in [1.807, 2.05) is 67.6 Å². The van der Waals surface area contributed by atoms with Crippen LogP contribution in [0.15, 0.2) is 84.9 Å². The average molecular weight is 513 g/mol. The van der Waals surface area contributed by atoms with E-state index in [0.717, 1.165) is 11.1 Å². The van der Waals surface area contributed by atoms with Crippen molar-refractivity contribution in [1.29, 1.82) is 0 Å². The molecule has 3 aromatic carbocycles. The fraction of sp³-hybridized carbons (Fsp3) is 0.290. The maximum atomic E-state index is 13.9. The molecule has 0 fully saturated rings. The number of nitrogens with one attached hydrogen (secondary N) is 1. The Labute approximate surface area is 223 Å². The van der Waals surface area contributed by atoms with Gasteiger partial charge in [0, 0.05) is 19.9 Å². The third-order valence-electron chi connectivity index (χ3n) is 6.93. The minimum Gasteiger partial charge on any atom is -0.490 e. The van der Waals surface area contributed by atoms with E-state index in [1.54, 1.807) is 19.2 Å². The third kappa shape index (κ3) is 5.67. The molecule has 3 atom stereocenters. The van der Waals surface area contributed by atoms with Gasteiger partial charge in [-0.15, -0.1) is 0 Å². The van der Waals surface area contributed by atoms with Crippen molar-refractivity contribution in [2.75, 3.05) is 13.8 Å². The van der Waals surface area contributed by atoms with Gasteiger partial charge in [0.1, 0.15) is 11.8 Å². The molecule has 196 valence electrons. The summed E-state index contributed by atoms with van der Waals surface area (Å²) in [5, 5.41) is 3.22. The summed E-state index contributed by atoms with van der Waals surface area (Å²) in [6.45, 7) is 2.16. The van der Waals surface area contributed by atoms with Crippen LogP contribution in [0.1, 0.15) is 47.3 Å². The number of nitrogens with zero attached hydrogens (tertiary/aromatic N) is 1. The Balaban J connectivity index is 1.51. The van der Waals surface area contributed by atoms with Crippen LogP contribution in [0.2, 0.25) is 0 Å². The summed E-state index contributed by atoms with van der Waals surface area (Å²) in [6.07, 6.45) is 5.60. The summed E-state index contributed by atoms with van der Waals surface area (Å²) < 4.78 is 17.2. The minimum atomic E-state index is -0.737. The van der Waals surface area contributed by atoms with Crippen molar-refractivity contribution in [3.8, 4) is 17.2 Å². The molecule has 0 radical (unpaired) electrons. The van der Waals surface area contributed by atoms with E-state index in [-0.39, 0.29) is 30.8 Å². The molecule has 7 heteroatoms. The Morgan fingerprint density at radius 3 is 2.45 bits per heavy atom. The minimum absolute atomic E-state index is 0.132. The molecule has 2 amide bonds. The number of hydrogen-bond donors (Lipinski definition) is 1. The van der Waals surface area contributed by atoms with Crippen LogP contribution in [0.25, 0.3) is 0 Å². The maximum Gasteiger partial charge on any atom is 0.258 e. The molecule has 0 bridgehead atoms. The molecule has 5 rings (SSSR count). The number of amides is 2. The van der Waals surface area contributed by atoms with Crippen LogP contribution >= 0.6 is 0 Å². The molecule has 0 unspecified atom stereocenters. The highest BCUT2D eigenvalue weighted by molar-refractivity contribution is 5.99. The Morgan fingerprint density at radius 1 is 0.868 bits per heavy atom. The number of para-hydroxylation sites is 1. The number of likely N-dealkylation sites (N-methyl/N-ethyl adjacent to an activating group) is 1. The van der Waals surface area contributed by atoms with Crippen molar-refractivity contribution >= 4 is 11.8 Å². The van der Waals surface area contributed by atoms with Gasteiger partial charge in [-0.2, -0.15) is 0 Å². The fourth-order valence-corrected chi connectivity index (χ4v) is 4.78. The molecule has 2 heterocycles. The Hall–Kier alpha value is -4.26. The van der Waals surface area contributed by atoms with Crippen LogP contribution in [0.5, 0.6) is 17.2 Å². The first-order valence-electron chi connectivity index (χ1n) is 12.9. The standard InChI is InChI=1S/C31H32N2O5/c1-21-10-6-8-14-25(23-16-17-28-29(19-23)37-20-36-28)32-30(34)26(18-22-11-4-3-5-12-22)33(2)31(35)24-13-7-9-15-27(24)38-21/h3-9,11-13,15-17,19,21,25-26H,10,14,18,20H2,1-2H3,(H,32,34)/b8-6-/t21-,25+,26+/m0/s1. The molecule has 2 aliphatic heterocycles. The molecule has 38 heavy (non-hydrogen) atoms. The van der Waals surface area contributed by atoms with Crippen LogP contribution in [-0.4, -0.2) is 42.7 Å². The SMILES string of the molecule is C[C@H]1C/C=C\C[C@H](c2ccc3c(c2)OCO3)NC(=O)[C@@H](Cc2ccccc2)N(C)C(=O)c2ccccc2O1. The van der Waals surface area contributed by atoms with Gasteiger partial charge in [0.2, 0.25) is 12.7 Å². The van der Waals surface area contributed by atoms with E-state index >= 15 is 0 Å². The zero-order valence-electron chi connectivity index (χ0n) is 21.6. The molecule has 0 aromatic heterocycles. The third-order valence-corrected chi connectivity index (χ3v) is 6.93. The van der Waals surface area contributed by atoms with Gasteiger partial charge in [0.25, 0.3) is 5.91 Å². The van der Waals surface area contributed by atoms with E-state index in [0.29, 0.717) is 42.1 Å². The molecule has 3 aromatic rings. The van der Waals surface area contributed by atoms with Gasteiger partial charge in [-0.3, -0.25) is 9.59 Å². The lowest BCUT2D eigenvalue weighted by atomic mass is 9.99. The highest BCUT2D eigenvalue weighted by Crippen LogP contribution is 2.35. The van der Waals surface area contributed by atoms with Gasteiger partial charge in [-0.05, 0) is 48.7 Å². The summed E-state index contributed by atoms with van der Waals surface area (Å²) >= 11 is 0. The monoisotopic (exact) mass is 512 g/mol. The van der Waals surface area contributed by atoms with Gasteiger partial charge in [-0.1, -0.05) is 60.7 Å². The highest BCUT2D eigenvalue weighted by atomic mass is 16.7. The van der Waals surface area contributed by atoms with Gasteiger partial charge >= 0.3 is 0 Å². The first-order chi connectivity index (χ1) is 18.5. The Kier molecular flexibility index (Phi) is 7.63. The zero-order chi connectivity index (χ0) is 26.5.